The summed E-state index contributed by atoms with van der Waals surface area (Å²) in [5.41, 5.74) is -0.359. The maximum absolute atomic E-state index is 12.2. The summed E-state index contributed by atoms with van der Waals surface area (Å²) in [5, 5.41) is 9.73. The summed E-state index contributed by atoms with van der Waals surface area (Å²) >= 11 is 0. The molecule has 118 valence electrons. The number of hydrogen-bond donors (Lipinski definition) is 1. The SMILES string of the molecule is C#CCN(C(=O)OC(C)(C)C)c1cc(O)cc(C(=O)OC)c1. The first kappa shape index (κ1) is 17.4. The van der Waals surface area contributed by atoms with Gasteiger partial charge in [-0.05, 0) is 32.9 Å². The first-order valence-electron chi connectivity index (χ1n) is 6.54. The van der Waals surface area contributed by atoms with E-state index in [0.29, 0.717) is 0 Å². The van der Waals surface area contributed by atoms with Crippen molar-refractivity contribution >= 4 is 17.7 Å². The first-order chi connectivity index (χ1) is 10.2. The molecule has 6 heteroatoms. The van der Waals surface area contributed by atoms with Crippen molar-refractivity contribution in [3.05, 3.63) is 23.8 Å². The van der Waals surface area contributed by atoms with Crippen LogP contribution in [0.15, 0.2) is 18.2 Å². The molecule has 1 N–H and O–H groups in total. The minimum atomic E-state index is -0.702. The van der Waals surface area contributed by atoms with Gasteiger partial charge in [-0.1, -0.05) is 5.92 Å². The van der Waals surface area contributed by atoms with Gasteiger partial charge in [0.2, 0.25) is 0 Å². The van der Waals surface area contributed by atoms with Gasteiger partial charge in [0.15, 0.2) is 0 Å². The Balaban J connectivity index is 3.21. The van der Waals surface area contributed by atoms with E-state index in [1.807, 2.05) is 0 Å². The number of benzene rings is 1. The van der Waals surface area contributed by atoms with Crippen LogP contribution in [0.5, 0.6) is 5.75 Å². The van der Waals surface area contributed by atoms with Crippen LogP contribution in [0, 0.1) is 12.3 Å². The lowest BCUT2D eigenvalue weighted by molar-refractivity contribution is 0.0576. The van der Waals surface area contributed by atoms with Gasteiger partial charge in [-0.15, -0.1) is 6.42 Å². The topological polar surface area (TPSA) is 76.1 Å². The van der Waals surface area contributed by atoms with E-state index in [9.17, 15) is 14.7 Å². The van der Waals surface area contributed by atoms with E-state index in [0.717, 1.165) is 4.90 Å². The Hall–Kier alpha value is -2.68. The zero-order valence-electron chi connectivity index (χ0n) is 13.0. The molecule has 22 heavy (non-hydrogen) atoms. The fourth-order valence-corrected chi connectivity index (χ4v) is 1.66. The van der Waals surface area contributed by atoms with E-state index < -0.39 is 17.7 Å². The molecule has 1 aromatic rings. The molecule has 0 atom stereocenters. The van der Waals surface area contributed by atoms with Crippen molar-refractivity contribution in [3.63, 3.8) is 0 Å². The fraction of sp³-hybridized carbons (Fsp3) is 0.375. The van der Waals surface area contributed by atoms with Gasteiger partial charge in [0, 0.05) is 6.07 Å². The number of hydrogen-bond acceptors (Lipinski definition) is 5. The second kappa shape index (κ2) is 6.85. The number of nitrogens with zero attached hydrogens (tertiary/aromatic N) is 1. The smallest absolute Gasteiger partial charge is 0.415 e. The number of phenols is 1. The predicted molar refractivity (Wildman–Crippen MR) is 81.9 cm³/mol. The van der Waals surface area contributed by atoms with Crippen LogP contribution in [0.1, 0.15) is 31.1 Å². The molecular weight excluding hydrogens is 286 g/mol. The lowest BCUT2D eigenvalue weighted by Gasteiger charge is -2.26. The van der Waals surface area contributed by atoms with Gasteiger partial charge >= 0.3 is 12.1 Å². The van der Waals surface area contributed by atoms with Crippen molar-refractivity contribution in [2.45, 2.75) is 26.4 Å². The van der Waals surface area contributed by atoms with Gasteiger partial charge in [-0.2, -0.15) is 0 Å². The Kier molecular flexibility index (Phi) is 5.41. The fourth-order valence-electron chi connectivity index (χ4n) is 1.66. The van der Waals surface area contributed by atoms with Crippen LogP contribution in [-0.4, -0.2) is 36.4 Å². The third-order valence-electron chi connectivity index (χ3n) is 2.50. The van der Waals surface area contributed by atoms with Gasteiger partial charge in [0.1, 0.15) is 11.4 Å². The summed E-state index contributed by atoms with van der Waals surface area (Å²) in [6.45, 7) is 5.10. The number of phenolic OH excluding ortho intramolecular Hbond substituents is 1. The summed E-state index contributed by atoms with van der Waals surface area (Å²) in [5.74, 6) is 1.51. The second-order valence-corrected chi connectivity index (χ2v) is 5.50. The van der Waals surface area contributed by atoms with E-state index in [1.54, 1.807) is 20.8 Å². The van der Waals surface area contributed by atoms with Crippen LogP contribution in [0.25, 0.3) is 0 Å². The number of terminal acetylenes is 1. The van der Waals surface area contributed by atoms with Crippen molar-refractivity contribution in [3.8, 4) is 18.1 Å². The van der Waals surface area contributed by atoms with Crippen LogP contribution in [-0.2, 0) is 9.47 Å². The molecule has 0 aromatic heterocycles. The van der Waals surface area contributed by atoms with Crippen molar-refractivity contribution in [2.75, 3.05) is 18.6 Å². The molecule has 0 fully saturated rings. The van der Waals surface area contributed by atoms with Crippen LogP contribution in [0.2, 0.25) is 0 Å². The van der Waals surface area contributed by atoms with Gasteiger partial charge in [-0.3, -0.25) is 4.90 Å². The standard InChI is InChI=1S/C16H19NO5/c1-6-7-17(15(20)22-16(2,3)4)12-8-11(14(19)21-5)9-13(18)10-12/h1,8-10,18H,7H2,2-5H3. The lowest BCUT2D eigenvalue weighted by atomic mass is 10.1. The highest BCUT2D eigenvalue weighted by atomic mass is 16.6. The molecule has 1 amide bonds. The van der Waals surface area contributed by atoms with Crippen LogP contribution in [0.4, 0.5) is 10.5 Å². The largest absolute Gasteiger partial charge is 0.508 e. The molecule has 1 rings (SSSR count). The van der Waals surface area contributed by atoms with E-state index in [1.165, 1.54) is 25.3 Å². The summed E-state index contributed by atoms with van der Waals surface area (Å²) in [6.07, 6.45) is 4.60. The molecule has 0 saturated carbocycles. The molecule has 6 nitrogen and oxygen atoms in total. The summed E-state index contributed by atoms with van der Waals surface area (Å²) in [7, 11) is 1.22. The zero-order valence-corrected chi connectivity index (χ0v) is 13.0. The molecule has 0 heterocycles. The van der Waals surface area contributed by atoms with E-state index >= 15 is 0 Å². The maximum atomic E-state index is 12.2. The Morgan fingerprint density at radius 2 is 1.95 bits per heavy atom. The highest BCUT2D eigenvalue weighted by Crippen LogP contribution is 2.25. The van der Waals surface area contributed by atoms with Crippen molar-refractivity contribution in [1.82, 2.24) is 0 Å². The third kappa shape index (κ3) is 4.70. The van der Waals surface area contributed by atoms with Crippen molar-refractivity contribution in [1.29, 1.82) is 0 Å². The second-order valence-electron chi connectivity index (χ2n) is 5.50. The average Bonchev–Trinajstić information content (AvgIpc) is 2.41. The summed E-state index contributed by atoms with van der Waals surface area (Å²) in [4.78, 5) is 25.0. The average molecular weight is 305 g/mol. The lowest BCUT2D eigenvalue weighted by Crippen LogP contribution is -2.37. The Morgan fingerprint density at radius 1 is 1.32 bits per heavy atom. The number of aromatic hydroxyl groups is 1. The number of carbonyl (C=O) groups is 2. The molecule has 0 bridgehead atoms. The van der Waals surface area contributed by atoms with E-state index in [-0.39, 0.29) is 23.5 Å². The van der Waals surface area contributed by atoms with Gasteiger partial charge in [0.25, 0.3) is 0 Å². The van der Waals surface area contributed by atoms with Crippen molar-refractivity contribution in [2.24, 2.45) is 0 Å². The number of ether oxygens (including phenoxy) is 2. The number of methoxy groups -OCH3 is 1. The summed E-state index contributed by atoms with van der Waals surface area (Å²) in [6, 6.07) is 3.94. The quantitative estimate of drug-likeness (QED) is 0.686. The van der Waals surface area contributed by atoms with Crippen LogP contribution >= 0.6 is 0 Å². The maximum Gasteiger partial charge on any atom is 0.415 e. The molecule has 0 aliphatic carbocycles. The predicted octanol–water partition coefficient (Wildman–Crippen LogP) is 2.55. The Labute approximate surface area is 129 Å². The molecule has 0 radical (unpaired) electrons. The molecule has 0 spiro atoms. The monoisotopic (exact) mass is 305 g/mol. The number of carbonyl (C=O) groups excluding carboxylic acids is 2. The van der Waals surface area contributed by atoms with Gasteiger partial charge in [-0.25, -0.2) is 9.59 Å². The molecule has 0 aliphatic rings. The van der Waals surface area contributed by atoms with Crippen molar-refractivity contribution < 1.29 is 24.2 Å². The van der Waals surface area contributed by atoms with Gasteiger partial charge in [0.05, 0.1) is 24.9 Å². The highest BCUT2D eigenvalue weighted by molar-refractivity contribution is 5.94. The van der Waals surface area contributed by atoms with Crippen LogP contribution < -0.4 is 4.90 Å². The number of amides is 1. The van der Waals surface area contributed by atoms with Gasteiger partial charge < -0.3 is 14.6 Å². The molecule has 0 unspecified atom stereocenters. The molecular formula is C16H19NO5. The minimum absolute atomic E-state index is 0.0705. The van der Waals surface area contributed by atoms with Crippen LogP contribution in [0.3, 0.4) is 0 Å². The van der Waals surface area contributed by atoms with E-state index in [4.69, 9.17) is 11.2 Å². The first-order valence-corrected chi connectivity index (χ1v) is 6.54. The minimum Gasteiger partial charge on any atom is -0.508 e. The number of anilines is 1. The zero-order chi connectivity index (χ0) is 16.9. The number of rotatable bonds is 3. The highest BCUT2D eigenvalue weighted by Gasteiger charge is 2.24. The normalized spacial score (nSPS) is 10.5. The van der Waals surface area contributed by atoms with E-state index in [2.05, 4.69) is 10.7 Å². The summed E-state index contributed by atoms with van der Waals surface area (Å²) < 4.78 is 9.87. The Bertz CT molecular complexity index is 610. The molecule has 0 aliphatic heterocycles. The molecule has 0 saturated heterocycles. The third-order valence-corrected chi connectivity index (χ3v) is 2.50. The molecule has 1 aromatic carbocycles. The Morgan fingerprint density at radius 3 is 2.45 bits per heavy atom. The number of esters is 1.